The van der Waals surface area contributed by atoms with Crippen LogP contribution < -0.4 is 0 Å². The average Bonchev–Trinajstić information content (AvgIpc) is 2.41. The summed E-state index contributed by atoms with van der Waals surface area (Å²) in [6.07, 6.45) is 2.33. The Morgan fingerprint density at radius 3 is 2.06 bits per heavy atom. The molecule has 1 spiro atoms. The fourth-order valence-corrected chi connectivity index (χ4v) is 3.60. The maximum absolute atomic E-state index is 11.5. The van der Waals surface area contributed by atoms with Gasteiger partial charge in [0.1, 0.15) is 0 Å². The summed E-state index contributed by atoms with van der Waals surface area (Å²) in [5, 5.41) is 0. The Bertz CT molecular complexity index is 377. The second-order valence-corrected chi connectivity index (χ2v) is 8.36. The van der Waals surface area contributed by atoms with Gasteiger partial charge < -0.3 is 0 Å². The minimum atomic E-state index is -2.99. The van der Waals surface area contributed by atoms with E-state index in [2.05, 4.69) is 25.7 Å². The first-order valence-electron chi connectivity index (χ1n) is 5.83. The van der Waals surface area contributed by atoms with Crippen molar-refractivity contribution in [3.05, 3.63) is 0 Å². The summed E-state index contributed by atoms with van der Waals surface area (Å²) in [6.45, 7) is 10.1. The maximum Gasteiger partial charge on any atom is 0.211 e. The van der Waals surface area contributed by atoms with Gasteiger partial charge in [0.15, 0.2) is 0 Å². The van der Waals surface area contributed by atoms with Crippen molar-refractivity contribution in [2.45, 2.75) is 32.7 Å². The zero-order valence-electron chi connectivity index (χ0n) is 10.7. The minimum absolute atomic E-state index is 0.212. The van der Waals surface area contributed by atoms with E-state index in [1.807, 2.05) is 0 Å². The van der Waals surface area contributed by atoms with Crippen LogP contribution in [0.3, 0.4) is 0 Å². The molecule has 0 atom stereocenters. The molecule has 16 heavy (non-hydrogen) atoms. The molecule has 94 valence electrons. The van der Waals surface area contributed by atoms with Gasteiger partial charge in [0.2, 0.25) is 10.0 Å². The Kier molecular flexibility index (Phi) is 2.64. The highest BCUT2D eigenvalue weighted by molar-refractivity contribution is 7.88. The van der Waals surface area contributed by atoms with Crippen molar-refractivity contribution in [3.8, 4) is 0 Å². The van der Waals surface area contributed by atoms with Crippen LogP contribution in [0.1, 0.15) is 27.2 Å². The third-order valence-electron chi connectivity index (χ3n) is 3.87. The van der Waals surface area contributed by atoms with Crippen LogP contribution in [0.2, 0.25) is 0 Å². The molecule has 2 fully saturated rings. The van der Waals surface area contributed by atoms with Crippen LogP contribution >= 0.6 is 0 Å². The van der Waals surface area contributed by atoms with Crippen LogP contribution in [0, 0.1) is 5.41 Å². The topological polar surface area (TPSA) is 40.6 Å². The lowest BCUT2D eigenvalue weighted by Gasteiger charge is -2.54. The quantitative estimate of drug-likeness (QED) is 0.685. The first-order chi connectivity index (χ1) is 7.12. The molecular weight excluding hydrogens is 224 g/mol. The molecule has 0 aliphatic carbocycles. The van der Waals surface area contributed by atoms with E-state index in [9.17, 15) is 8.42 Å². The fourth-order valence-electron chi connectivity index (χ4n) is 2.67. The van der Waals surface area contributed by atoms with Gasteiger partial charge in [-0.05, 0) is 27.2 Å². The number of nitrogens with zero attached hydrogens (tertiary/aromatic N) is 2. The van der Waals surface area contributed by atoms with Gasteiger partial charge in [0.25, 0.3) is 0 Å². The Morgan fingerprint density at radius 1 is 1.12 bits per heavy atom. The van der Waals surface area contributed by atoms with Gasteiger partial charge in [-0.15, -0.1) is 0 Å². The summed E-state index contributed by atoms with van der Waals surface area (Å²) in [7, 11) is -2.99. The van der Waals surface area contributed by atoms with Gasteiger partial charge in [-0.1, -0.05) is 0 Å². The predicted octanol–water partition coefficient (Wildman–Crippen LogP) is 0.752. The monoisotopic (exact) mass is 246 g/mol. The van der Waals surface area contributed by atoms with E-state index in [1.54, 1.807) is 4.31 Å². The zero-order valence-corrected chi connectivity index (χ0v) is 11.5. The Balaban J connectivity index is 1.97. The number of hydrogen-bond acceptors (Lipinski definition) is 3. The molecule has 0 aromatic heterocycles. The Morgan fingerprint density at radius 2 is 1.69 bits per heavy atom. The van der Waals surface area contributed by atoms with E-state index in [0.717, 1.165) is 26.1 Å². The van der Waals surface area contributed by atoms with Crippen molar-refractivity contribution in [2.75, 3.05) is 32.4 Å². The van der Waals surface area contributed by atoms with Crippen LogP contribution in [-0.2, 0) is 10.0 Å². The molecule has 0 unspecified atom stereocenters. The largest absolute Gasteiger partial charge is 0.297 e. The van der Waals surface area contributed by atoms with Crippen LogP contribution in [0.5, 0.6) is 0 Å². The summed E-state index contributed by atoms with van der Waals surface area (Å²) in [5.74, 6) is 0. The first-order valence-corrected chi connectivity index (χ1v) is 7.68. The number of sulfonamides is 1. The first kappa shape index (κ1) is 12.3. The molecule has 0 aromatic carbocycles. The summed E-state index contributed by atoms with van der Waals surface area (Å²) in [6, 6.07) is 0. The molecule has 2 rings (SSSR count). The van der Waals surface area contributed by atoms with Gasteiger partial charge >= 0.3 is 0 Å². The summed E-state index contributed by atoms with van der Waals surface area (Å²) in [4.78, 5) is 2.43. The molecule has 0 aromatic rings. The molecule has 0 saturated carbocycles. The molecule has 2 heterocycles. The molecule has 2 aliphatic heterocycles. The van der Waals surface area contributed by atoms with Gasteiger partial charge in [0.05, 0.1) is 6.26 Å². The normalized spacial score (nSPS) is 27.2. The molecule has 5 heteroatoms. The molecular formula is C11H22N2O2S. The van der Waals surface area contributed by atoms with Crippen molar-refractivity contribution in [1.82, 2.24) is 9.21 Å². The standard InChI is InChI=1S/C11H22N2O2S/c1-10(2,3)12-7-11(8-12)5-6-13(9-11)16(4,14)15/h5-9H2,1-4H3. The van der Waals surface area contributed by atoms with E-state index in [0.29, 0.717) is 6.54 Å². The van der Waals surface area contributed by atoms with Crippen molar-refractivity contribution in [2.24, 2.45) is 5.41 Å². The molecule has 0 bridgehead atoms. The third kappa shape index (κ3) is 2.13. The molecule has 2 saturated heterocycles. The second kappa shape index (κ2) is 3.43. The SMILES string of the molecule is CC(C)(C)N1CC2(CCN(S(C)(=O)=O)C2)C1. The smallest absolute Gasteiger partial charge is 0.211 e. The van der Waals surface area contributed by atoms with E-state index in [-0.39, 0.29) is 11.0 Å². The maximum atomic E-state index is 11.5. The van der Waals surface area contributed by atoms with Crippen molar-refractivity contribution >= 4 is 10.0 Å². The lowest BCUT2D eigenvalue weighted by atomic mass is 9.76. The Hall–Kier alpha value is -0.130. The van der Waals surface area contributed by atoms with Crippen molar-refractivity contribution < 1.29 is 8.42 Å². The number of hydrogen-bond donors (Lipinski definition) is 0. The molecule has 2 aliphatic rings. The van der Waals surface area contributed by atoms with E-state index < -0.39 is 10.0 Å². The molecule has 0 N–H and O–H groups in total. The van der Waals surface area contributed by atoms with Crippen LogP contribution in [0.25, 0.3) is 0 Å². The van der Waals surface area contributed by atoms with Gasteiger partial charge in [0, 0.05) is 37.1 Å². The Labute approximate surface area is 98.7 Å². The second-order valence-electron chi connectivity index (χ2n) is 6.37. The van der Waals surface area contributed by atoms with E-state index in [1.165, 1.54) is 6.26 Å². The lowest BCUT2D eigenvalue weighted by Crippen LogP contribution is -2.63. The lowest BCUT2D eigenvalue weighted by molar-refractivity contribution is -0.0492. The van der Waals surface area contributed by atoms with E-state index in [4.69, 9.17) is 0 Å². The highest BCUT2D eigenvalue weighted by Crippen LogP contribution is 2.43. The van der Waals surface area contributed by atoms with Crippen molar-refractivity contribution in [3.63, 3.8) is 0 Å². The zero-order chi connectivity index (χ0) is 12.2. The molecule has 0 radical (unpaired) electrons. The van der Waals surface area contributed by atoms with E-state index >= 15 is 0 Å². The van der Waals surface area contributed by atoms with Crippen LogP contribution in [0.4, 0.5) is 0 Å². The minimum Gasteiger partial charge on any atom is -0.297 e. The third-order valence-corrected chi connectivity index (χ3v) is 5.12. The predicted molar refractivity (Wildman–Crippen MR) is 64.8 cm³/mol. The van der Waals surface area contributed by atoms with Crippen LogP contribution in [0.15, 0.2) is 0 Å². The summed E-state index contributed by atoms with van der Waals surface area (Å²) < 4.78 is 24.5. The fraction of sp³-hybridized carbons (Fsp3) is 1.00. The molecule has 0 amide bonds. The van der Waals surface area contributed by atoms with Gasteiger partial charge in [-0.2, -0.15) is 0 Å². The highest BCUT2D eigenvalue weighted by Gasteiger charge is 2.51. The summed E-state index contributed by atoms with van der Waals surface area (Å²) >= 11 is 0. The summed E-state index contributed by atoms with van der Waals surface area (Å²) in [5.41, 5.74) is 0.458. The van der Waals surface area contributed by atoms with Gasteiger partial charge in [-0.3, -0.25) is 4.90 Å². The highest BCUT2D eigenvalue weighted by atomic mass is 32.2. The number of rotatable bonds is 1. The van der Waals surface area contributed by atoms with Gasteiger partial charge in [-0.25, -0.2) is 12.7 Å². The average molecular weight is 246 g/mol. The molecule has 4 nitrogen and oxygen atoms in total. The number of likely N-dealkylation sites (tertiary alicyclic amines) is 1. The van der Waals surface area contributed by atoms with Crippen LogP contribution in [-0.4, -0.2) is 55.6 Å². The van der Waals surface area contributed by atoms with Crippen molar-refractivity contribution in [1.29, 1.82) is 0 Å².